The smallest absolute Gasteiger partial charge is 0.351 e. The summed E-state index contributed by atoms with van der Waals surface area (Å²) < 4.78 is 0. The van der Waals surface area contributed by atoms with Gasteiger partial charge in [0.2, 0.25) is 0 Å². The van der Waals surface area contributed by atoms with Crippen molar-refractivity contribution in [2.24, 2.45) is 4.99 Å². The zero-order valence-electron chi connectivity index (χ0n) is 12.8. The van der Waals surface area contributed by atoms with Gasteiger partial charge in [-0.3, -0.25) is 4.99 Å². The molecule has 7 nitrogen and oxygen atoms in total. The molecule has 2 rings (SSSR count). The number of rotatable bonds is 6. The Morgan fingerprint density at radius 1 is 1.33 bits per heavy atom. The largest absolute Gasteiger partial charge is 0.508 e. The van der Waals surface area contributed by atoms with Crippen LogP contribution < -0.4 is 5.32 Å². The summed E-state index contributed by atoms with van der Waals surface area (Å²) in [7, 11) is 0. The lowest BCUT2D eigenvalue weighted by molar-refractivity contribution is -0.139. The highest BCUT2D eigenvalue weighted by molar-refractivity contribution is 5.89. The molecule has 0 fully saturated rings. The molecule has 0 saturated heterocycles. The Hall–Kier alpha value is -3.09. The Bertz CT molecular complexity index is 721. The number of nitrogens with one attached hydrogen (secondary N) is 1. The number of phenols is 1. The van der Waals surface area contributed by atoms with Crippen LogP contribution in [0.15, 0.2) is 52.7 Å². The molecule has 0 amide bonds. The lowest BCUT2D eigenvalue weighted by Gasteiger charge is -2.21. The van der Waals surface area contributed by atoms with Gasteiger partial charge in [-0.1, -0.05) is 12.1 Å². The van der Waals surface area contributed by atoms with Gasteiger partial charge in [-0.05, 0) is 41.8 Å². The van der Waals surface area contributed by atoms with E-state index in [1.807, 2.05) is 6.07 Å². The number of carboxylic acids is 2. The quantitative estimate of drug-likeness (QED) is 0.585. The molecule has 1 aromatic rings. The predicted octanol–water partition coefficient (Wildman–Crippen LogP) is 1.35. The number of carbonyl (C=O) groups is 2. The highest BCUT2D eigenvalue weighted by Crippen LogP contribution is 2.16. The summed E-state index contributed by atoms with van der Waals surface area (Å²) in [5.41, 5.74) is 1.40. The number of aliphatic carboxylic acids is 2. The van der Waals surface area contributed by atoms with E-state index >= 15 is 0 Å². The van der Waals surface area contributed by atoms with Gasteiger partial charge in [0, 0.05) is 19.2 Å². The summed E-state index contributed by atoms with van der Waals surface area (Å²) in [6.07, 6.45) is 5.40. The number of hydrogen-bond acceptors (Lipinski definition) is 5. The molecule has 0 spiro atoms. The summed E-state index contributed by atoms with van der Waals surface area (Å²) >= 11 is 0. The minimum absolute atomic E-state index is 0.145. The van der Waals surface area contributed by atoms with Crippen molar-refractivity contribution >= 4 is 18.2 Å². The Labute approximate surface area is 138 Å². The molecule has 7 heteroatoms. The van der Waals surface area contributed by atoms with E-state index in [1.165, 1.54) is 6.08 Å². The van der Waals surface area contributed by atoms with Crippen molar-refractivity contribution < 1.29 is 24.9 Å². The number of hydrogen-bond donors (Lipinski definition) is 4. The fourth-order valence-corrected chi connectivity index (χ4v) is 2.28. The van der Waals surface area contributed by atoms with E-state index in [0.29, 0.717) is 18.5 Å². The number of allylic oxidation sites excluding steroid dienone is 2. The van der Waals surface area contributed by atoms with Gasteiger partial charge in [0.25, 0.3) is 0 Å². The summed E-state index contributed by atoms with van der Waals surface area (Å²) in [5.74, 6) is -2.10. The molecular formula is C17H18N2O5. The van der Waals surface area contributed by atoms with Crippen molar-refractivity contribution in [3.63, 3.8) is 0 Å². The van der Waals surface area contributed by atoms with Gasteiger partial charge in [0.1, 0.15) is 17.5 Å². The Morgan fingerprint density at radius 2 is 2.12 bits per heavy atom. The third kappa shape index (κ3) is 4.98. The van der Waals surface area contributed by atoms with Crippen LogP contribution in [-0.4, -0.2) is 46.1 Å². The van der Waals surface area contributed by atoms with Crippen LogP contribution in [0.2, 0.25) is 0 Å². The Kier molecular flexibility index (Phi) is 5.73. The minimum Gasteiger partial charge on any atom is -0.508 e. The standard InChI is InChI=1S/C17H18N2O5/c20-13-3-1-2-11(8-13)4-6-18-7-5-12-9-14(16(21)22)19-15(10-12)17(23)24/h1-3,5,7-9,15,19-20H,4,6,10H2,(H,21,22)(H,23,24)/b12-5+,18-7?/t15-/m0/s1. The number of nitrogens with zero attached hydrogens (tertiary/aromatic N) is 1. The highest BCUT2D eigenvalue weighted by atomic mass is 16.4. The number of aromatic hydroxyl groups is 1. The van der Waals surface area contributed by atoms with E-state index in [1.54, 1.807) is 30.5 Å². The number of phenolic OH excluding ortho intramolecular Hbond substituents is 1. The zero-order chi connectivity index (χ0) is 17.5. The van der Waals surface area contributed by atoms with Crippen molar-refractivity contribution in [1.29, 1.82) is 0 Å². The summed E-state index contributed by atoms with van der Waals surface area (Å²) in [6, 6.07) is 5.95. The summed E-state index contributed by atoms with van der Waals surface area (Å²) in [6.45, 7) is 0.503. The fourth-order valence-electron chi connectivity index (χ4n) is 2.28. The van der Waals surface area contributed by atoms with Crippen molar-refractivity contribution in [3.05, 3.63) is 53.3 Å². The fraction of sp³-hybridized carbons (Fsp3) is 0.235. The minimum atomic E-state index is -1.20. The van der Waals surface area contributed by atoms with Crippen LogP contribution in [0.25, 0.3) is 0 Å². The van der Waals surface area contributed by atoms with Crippen LogP contribution in [0, 0.1) is 0 Å². The van der Waals surface area contributed by atoms with E-state index in [0.717, 1.165) is 5.56 Å². The van der Waals surface area contributed by atoms with Gasteiger partial charge >= 0.3 is 11.9 Å². The van der Waals surface area contributed by atoms with Crippen LogP contribution >= 0.6 is 0 Å². The molecule has 126 valence electrons. The molecule has 1 aliphatic rings. The van der Waals surface area contributed by atoms with Crippen molar-refractivity contribution in [1.82, 2.24) is 5.32 Å². The van der Waals surface area contributed by atoms with Crippen LogP contribution in [-0.2, 0) is 16.0 Å². The third-order valence-electron chi connectivity index (χ3n) is 3.46. The molecule has 0 radical (unpaired) electrons. The second-order valence-electron chi connectivity index (χ2n) is 5.32. The molecule has 1 heterocycles. The molecule has 1 aliphatic heterocycles. The molecule has 1 aromatic carbocycles. The second-order valence-corrected chi connectivity index (χ2v) is 5.32. The van der Waals surface area contributed by atoms with E-state index < -0.39 is 18.0 Å². The molecule has 0 aliphatic carbocycles. The molecule has 1 atom stereocenters. The molecule has 0 saturated carbocycles. The van der Waals surface area contributed by atoms with E-state index in [2.05, 4.69) is 10.3 Å². The average molecular weight is 330 g/mol. The van der Waals surface area contributed by atoms with E-state index in [4.69, 9.17) is 10.2 Å². The number of aliphatic imine (C=N–C) groups is 1. The first-order valence-corrected chi connectivity index (χ1v) is 7.37. The Balaban J connectivity index is 1.97. The van der Waals surface area contributed by atoms with Crippen LogP contribution in [0.4, 0.5) is 0 Å². The van der Waals surface area contributed by atoms with Gasteiger partial charge in [0.05, 0.1) is 0 Å². The maximum Gasteiger partial charge on any atom is 0.351 e. The van der Waals surface area contributed by atoms with Crippen LogP contribution in [0.3, 0.4) is 0 Å². The molecule has 0 aromatic heterocycles. The first-order valence-electron chi connectivity index (χ1n) is 7.37. The molecule has 0 unspecified atom stereocenters. The monoisotopic (exact) mass is 330 g/mol. The first kappa shape index (κ1) is 17.3. The highest BCUT2D eigenvalue weighted by Gasteiger charge is 2.26. The summed E-state index contributed by atoms with van der Waals surface area (Å²) in [5, 5.41) is 29.9. The van der Waals surface area contributed by atoms with Gasteiger partial charge in [-0.2, -0.15) is 0 Å². The second kappa shape index (κ2) is 7.96. The van der Waals surface area contributed by atoms with E-state index in [9.17, 15) is 14.7 Å². The van der Waals surface area contributed by atoms with Crippen LogP contribution in [0.5, 0.6) is 5.75 Å². The molecular weight excluding hydrogens is 312 g/mol. The lowest BCUT2D eigenvalue weighted by atomic mass is 10.00. The normalized spacial score (nSPS) is 19.1. The lowest BCUT2D eigenvalue weighted by Crippen LogP contribution is -2.41. The maximum absolute atomic E-state index is 11.1. The maximum atomic E-state index is 11.1. The Morgan fingerprint density at radius 3 is 2.79 bits per heavy atom. The van der Waals surface area contributed by atoms with Gasteiger partial charge < -0.3 is 20.6 Å². The van der Waals surface area contributed by atoms with Crippen molar-refractivity contribution in [2.75, 3.05) is 6.54 Å². The summed E-state index contributed by atoms with van der Waals surface area (Å²) in [4.78, 5) is 26.3. The topological polar surface area (TPSA) is 119 Å². The molecule has 24 heavy (non-hydrogen) atoms. The molecule has 0 bridgehead atoms. The van der Waals surface area contributed by atoms with Crippen molar-refractivity contribution in [2.45, 2.75) is 18.9 Å². The third-order valence-corrected chi connectivity index (χ3v) is 3.46. The van der Waals surface area contributed by atoms with Crippen molar-refractivity contribution in [3.8, 4) is 5.75 Å². The average Bonchev–Trinajstić information content (AvgIpc) is 2.54. The van der Waals surface area contributed by atoms with Gasteiger partial charge in [-0.15, -0.1) is 0 Å². The van der Waals surface area contributed by atoms with E-state index in [-0.39, 0.29) is 17.9 Å². The van der Waals surface area contributed by atoms with Gasteiger partial charge in [0.15, 0.2) is 0 Å². The van der Waals surface area contributed by atoms with Gasteiger partial charge in [-0.25, -0.2) is 9.59 Å². The SMILES string of the molecule is O=C(O)C1=C/C(=C\C=NCCc2cccc(O)c2)C[C@@H](C(=O)O)N1. The zero-order valence-corrected chi connectivity index (χ0v) is 12.8. The molecule has 4 N–H and O–H groups in total. The predicted molar refractivity (Wildman–Crippen MR) is 88.1 cm³/mol. The van der Waals surface area contributed by atoms with Crippen LogP contribution in [0.1, 0.15) is 12.0 Å². The number of carboxylic acid groups (broad SMARTS) is 2. The number of benzene rings is 1. The first-order chi connectivity index (χ1) is 11.5.